The third-order valence-corrected chi connectivity index (χ3v) is 7.75. The third kappa shape index (κ3) is 3.01. The van der Waals surface area contributed by atoms with Gasteiger partial charge in [-0.15, -0.1) is 0 Å². The van der Waals surface area contributed by atoms with Gasteiger partial charge in [-0.3, -0.25) is 0 Å². The van der Waals surface area contributed by atoms with Crippen LogP contribution in [0.15, 0.2) is 121 Å². The molecule has 0 aromatic heterocycles. The quantitative estimate of drug-likeness (QED) is 0.226. The van der Waals surface area contributed by atoms with E-state index in [1.54, 1.807) is 0 Å². The molecule has 0 aliphatic carbocycles. The minimum Gasteiger partial charge on any atom is -0.0616 e. The number of fused-ring (bicyclic) bond motifs is 4. The van der Waals surface area contributed by atoms with E-state index in [4.69, 9.17) is 0 Å². The van der Waals surface area contributed by atoms with E-state index in [0.717, 1.165) is 0 Å². The van der Waals surface area contributed by atoms with E-state index in [-0.39, 0.29) is 0 Å². The minimum absolute atomic E-state index is 1.30. The van der Waals surface area contributed by atoms with E-state index in [9.17, 15) is 0 Å². The first-order valence-corrected chi connectivity index (χ1v) is 12.6. The van der Waals surface area contributed by atoms with Crippen LogP contribution in [0, 0.1) is 13.8 Å². The Hall–Kier alpha value is -4.42. The van der Waals surface area contributed by atoms with Crippen molar-refractivity contribution in [2.24, 2.45) is 0 Å². The second-order valence-electron chi connectivity index (χ2n) is 9.79. The summed E-state index contributed by atoms with van der Waals surface area (Å²) < 4.78 is 0. The maximum Gasteiger partial charge on any atom is -0.00201 e. The predicted molar refractivity (Wildman–Crippen MR) is 157 cm³/mol. The maximum absolute atomic E-state index is 2.31. The molecule has 0 aliphatic heterocycles. The molecule has 36 heavy (non-hydrogen) atoms. The Kier molecular flexibility index (Phi) is 4.69. The van der Waals surface area contributed by atoms with Gasteiger partial charge in [0.15, 0.2) is 0 Å². The van der Waals surface area contributed by atoms with Crippen LogP contribution in [-0.4, -0.2) is 0 Å². The fourth-order valence-corrected chi connectivity index (χ4v) is 6.04. The Morgan fingerprint density at radius 3 is 0.889 bits per heavy atom. The van der Waals surface area contributed by atoms with Gasteiger partial charge in [0.2, 0.25) is 0 Å². The average Bonchev–Trinajstić information content (AvgIpc) is 2.93. The van der Waals surface area contributed by atoms with E-state index in [1.807, 2.05) is 0 Å². The molecule has 7 aromatic carbocycles. The summed E-state index contributed by atoms with van der Waals surface area (Å²) in [6.07, 6.45) is 0. The number of hydrogen-bond acceptors (Lipinski definition) is 0. The molecule has 0 unspecified atom stereocenters. The van der Waals surface area contributed by atoms with Crippen LogP contribution in [0.1, 0.15) is 11.1 Å². The molecule has 0 fully saturated rings. The summed E-state index contributed by atoms with van der Waals surface area (Å²) >= 11 is 0. The van der Waals surface area contributed by atoms with Crippen LogP contribution in [0.5, 0.6) is 0 Å². The SMILES string of the molecule is Cc1ccc(-c2c3ccccc3c(-c3ccc(C)c4ccccc34)c3ccccc23)c2ccccc12. The van der Waals surface area contributed by atoms with Crippen LogP contribution < -0.4 is 0 Å². The number of rotatable bonds is 2. The van der Waals surface area contributed by atoms with Gasteiger partial charge in [0, 0.05) is 0 Å². The van der Waals surface area contributed by atoms with Crippen LogP contribution >= 0.6 is 0 Å². The van der Waals surface area contributed by atoms with Gasteiger partial charge in [0.05, 0.1) is 0 Å². The third-order valence-electron chi connectivity index (χ3n) is 7.75. The summed E-state index contributed by atoms with van der Waals surface area (Å²) in [7, 11) is 0. The van der Waals surface area contributed by atoms with Gasteiger partial charge in [-0.05, 0) is 90.3 Å². The lowest BCUT2D eigenvalue weighted by molar-refractivity contribution is 1.53. The Bertz CT molecular complexity index is 1760. The van der Waals surface area contributed by atoms with Crippen molar-refractivity contribution in [2.45, 2.75) is 13.8 Å². The van der Waals surface area contributed by atoms with Gasteiger partial charge in [0.25, 0.3) is 0 Å². The zero-order valence-corrected chi connectivity index (χ0v) is 20.5. The smallest absolute Gasteiger partial charge is 0.00201 e. The highest BCUT2D eigenvalue weighted by atomic mass is 14.2. The number of aryl methyl sites for hydroxylation is 2. The number of hydrogen-bond donors (Lipinski definition) is 0. The van der Waals surface area contributed by atoms with E-state index >= 15 is 0 Å². The second kappa shape index (κ2) is 8.07. The monoisotopic (exact) mass is 458 g/mol. The molecule has 0 bridgehead atoms. The minimum atomic E-state index is 1.30. The largest absolute Gasteiger partial charge is 0.0616 e. The summed E-state index contributed by atoms with van der Waals surface area (Å²) in [5, 5.41) is 10.4. The first-order chi connectivity index (χ1) is 17.7. The molecule has 0 heteroatoms. The van der Waals surface area contributed by atoms with Crippen LogP contribution in [0.25, 0.3) is 65.3 Å². The second-order valence-corrected chi connectivity index (χ2v) is 9.79. The highest BCUT2D eigenvalue weighted by Crippen LogP contribution is 2.46. The molecule has 0 spiro atoms. The first-order valence-electron chi connectivity index (χ1n) is 12.6. The van der Waals surface area contributed by atoms with E-state index in [2.05, 4.69) is 135 Å². The Morgan fingerprint density at radius 1 is 0.278 bits per heavy atom. The molecule has 170 valence electrons. The van der Waals surface area contributed by atoms with Crippen LogP contribution in [0.2, 0.25) is 0 Å². The Balaban J connectivity index is 1.70. The van der Waals surface area contributed by atoms with Crippen molar-refractivity contribution in [3.8, 4) is 22.3 Å². The van der Waals surface area contributed by atoms with E-state index < -0.39 is 0 Å². The molecule has 0 aliphatic rings. The van der Waals surface area contributed by atoms with Crippen molar-refractivity contribution in [1.82, 2.24) is 0 Å². The summed E-state index contributed by atoms with van der Waals surface area (Å²) in [6.45, 7) is 4.40. The Labute approximate surface area is 211 Å². The van der Waals surface area contributed by atoms with Gasteiger partial charge in [0.1, 0.15) is 0 Å². The van der Waals surface area contributed by atoms with Crippen LogP contribution in [0.3, 0.4) is 0 Å². The summed E-state index contributed by atoms with van der Waals surface area (Å²) in [5.74, 6) is 0. The van der Waals surface area contributed by atoms with Crippen molar-refractivity contribution >= 4 is 43.1 Å². The van der Waals surface area contributed by atoms with Crippen LogP contribution in [0.4, 0.5) is 0 Å². The van der Waals surface area contributed by atoms with Gasteiger partial charge in [-0.1, -0.05) is 121 Å². The summed E-state index contributed by atoms with van der Waals surface area (Å²) in [4.78, 5) is 0. The first kappa shape index (κ1) is 20.9. The molecule has 7 aromatic rings. The van der Waals surface area contributed by atoms with Crippen molar-refractivity contribution in [1.29, 1.82) is 0 Å². The molecular formula is C36H26. The lowest BCUT2D eigenvalue weighted by Gasteiger charge is -2.20. The zero-order valence-electron chi connectivity index (χ0n) is 20.5. The average molecular weight is 459 g/mol. The van der Waals surface area contributed by atoms with Crippen LogP contribution in [-0.2, 0) is 0 Å². The lowest BCUT2D eigenvalue weighted by Crippen LogP contribution is -1.93. The van der Waals surface area contributed by atoms with E-state index in [1.165, 1.54) is 76.5 Å². The molecule has 0 radical (unpaired) electrons. The lowest BCUT2D eigenvalue weighted by atomic mass is 9.83. The highest BCUT2D eigenvalue weighted by molar-refractivity contribution is 6.25. The molecule has 0 atom stereocenters. The highest BCUT2D eigenvalue weighted by Gasteiger charge is 2.19. The van der Waals surface area contributed by atoms with Gasteiger partial charge in [-0.2, -0.15) is 0 Å². The maximum atomic E-state index is 2.31. The molecule has 0 heterocycles. The summed E-state index contributed by atoms with van der Waals surface area (Å²) in [6, 6.07) is 44.7. The fraction of sp³-hybridized carbons (Fsp3) is 0.0556. The molecule has 0 N–H and O–H groups in total. The molecule has 0 nitrogen and oxygen atoms in total. The summed E-state index contributed by atoms with van der Waals surface area (Å²) in [5.41, 5.74) is 7.85. The van der Waals surface area contributed by atoms with Crippen molar-refractivity contribution in [3.05, 3.63) is 132 Å². The zero-order chi connectivity index (χ0) is 24.2. The van der Waals surface area contributed by atoms with Crippen molar-refractivity contribution in [2.75, 3.05) is 0 Å². The topological polar surface area (TPSA) is 0 Å². The molecule has 0 amide bonds. The number of benzene rings is 7. The van der Waals surface area contributed by atoms with Crippen molar-refractivity contribution in [3.63, 3.8) is 0 Å². The molecular weight excluding hydrogens is 432 g/mol. The molecule has 0 saturated carbocycles. The molecule has 7 rings (SSSR count). The van der Waals surface area contributed by atoms with Gasteiger partial charge >= 0.3 is 0 Å². The van der Waals surface area contributed by atoms with Gasteiger partial charge in [-0.25, -0.2) is 0 Å². The van der Waals surface area contributed by atoms with Gasteiger partial charge < -0.3 is 0 Å². The predicted octanol–water partition coefficient (Wildman–Crippen LogP) is 10.3. The fourth-order valence-electron chi connectivity index (χ4n) is 6.04. The molecule has 0 saturated heterocycles. The van der Waals surface area contributed by atoms with E-state index in [0.29, 0.717) is 0 Å². The van der Waals surface area contributed by atoms with Crippen molar-refractivity contribution < 1.29 is 0 Å². The normalized spacial score (nSPS) is 11.6. The Morgan fingerprint density at radius 2 is 0.556 bits per heavy atom. The standard InChI is InChI=1S/C36H26/c1-23-19-21-33(27-13-5-3-11-25(23)27)35-29-15-7-9-17-31(29)36(32-18-10-8-16-30(32)35)34-22-20-24(2)26-12-4-6-14-28(26)34/h3-22H,1-2H3.